The highest BCUT2D eigenvalue weighted by Gasteiger charge is 2.41. The fourth-order valence-electron chi connectivity index (χ4n) is 3.15. The summed E-state index contributed by atoms with van der Waals surface area (Å²) < 4.78 is 0. The summed E-state index contributed by atoms with van der Waals surface area (Å²) in [6.45, 7) is 4.15. The number of ketones is 1. The van der Waals surface area contributed by atoms with Gasteiger partial charge in [-0.15, -0.1) is 0 Å². The monoisotopic (exact) mass is 215 g/mol. The highest BCUT2D eigenvalue weighted by Crippen LogP contribution is 2.42. The zero-order valence-corrected chi connectivity index (χ0v) is 9.86. The molecule has 0 radical (unpaired) electrons. The van der Waals surface area contributed by atoms with Gasteiger partial charge in [-0.25, -0.2) is 0 Å². The summed E-state index contributed by atoms with van der Waals surface area (Å²) in [6.07, 6.45) is 1.02. The molecule has 0 N–H and O–H groups in total. The second kappa shape index (κ2) is 3.42. The van der Waals surface area contributed by atoms with E-state index in [0.717, 1.165) is 25.1 Å². The number of aryl methyl sites for hydroxylation is 1. The topological polar surface area (TPSA) is 20.3 Å². The summed E-state index contributed by atoms with van der Waals surface area (Å²) in [5.74, 6) is 1.09. The average molecular weight is 215 g/mol. The van der Waals surface area contributed by atoms with Crippen molar-refractivity contribution in [1.29, 1.82) is 0 Å². The number of carbonyl (C=O) groups excluding carboxylic acids is 1. The van der Waals surface area contributed by atoms with Gasteiger partial charge in [0, 0.05) is 23.9 Å². The van der Waals surface area contributed by atoms with Crippen molar-refractivity contribution >= 4 is 5.78 Å². The van der Waals surface area contributed by atoms with Gasteiger partial charge in [0.05, 0.1) is 0 Å². The van der Waals surface area contributed by atoms with Gasteiger partial charge in [-0.3, -0.25) is 4.79 Å². The average Bonchev–Trinajstić information content (AvgIpc) is 2.52. The fraction of sp³-hybridized carbons (Fsp3) is 0.500. The summed E-state index contributed by atoms with van der Waals surface area (Å²) in [4.78, 5) is 14.6. The summed E-state index contributed by atoms with van der Waals surface area (Å²) in [5.41, 5.74) is 3.47. The lowest BCUT2D eigenvalue weighted by molar-refractivity contribution is 0.0861. The van der Waals surface area contributed by atoms with Crippen LogP contribution in [0.2, 0.25) is 0 Å². The van der Waals surface area contributed by atoms with E-state index in [2.05, 4.69) is 37.1 Å². The number of hydrogen-bond acceptors (Lipinski definition) is 2. The molecule has 2 atom stereocenters. The maximum atomic E-state index is 12.3. The molecule has 0 amide bonds. The van der Waals surface area contributed by atoms with Gasteiger partial charge in [0.1, 0.15) is 0 Å². The van der Waals surface area contributed by atoms with Gasteiger partial charge in [0.2, 0.25) is 0 Å². The molecule has 0 saturated carbocycles. The van der Waals surface area contributed by atoms with Crippen LogP contribution in [0.15, 0.2) is 18.2 Å². The number of benzene rings is 1. The van der Waals surface area contributed by atoms with E-state index in [-0.39, 0.29) is 5.92 Å². The third-order valence-electron chi connectivity index (χ3n) is 4.03. The molecule has 1 aliphatic heterocycles. The maximum Gasteiger partial charge on any atom is 0.166 e. The minimum absolute atomic E-state index is 0.257. The molecule has 1 saturated heterocycles. The quantitative estimate of drug-likeness (QED) is 0.661. The lowest BCUT2D eigenvalue weighted by Crippen LogP contribution is -2.36. The van der Waals surface area contributed by atoms with Crippen LogP contribution in [0.3, 0.4) is 0 Å². The number of likely N-dealkylation sites (N-methyl/N-ethyl adjacent to an activating group) is 1. The first kappa shape index (κ1) is 10.0. The molecular formula is C14H17NO. The molecule has 2 heteroatoms. The molecule has 1 aromatic carbocycles. The molecule has 16 heavy (non-hydrogen) atoms. The molecule has 2 aliphatic rings. The van der Waals surface area contributed by atoms with Crippen LogP contribution in [-0.2, 0) is 0 Å². The first-order valence-electron chi connectivity index (χ1n) is 6.00. The van der Waals surface area contributed by atoms with Gasteiger partial charge in [0.25, 0.3) is 0 Å². The Morgan fingerprint density at radius 3 is 2.94 bits per heavy atom. The number of Topliss-reactive ketones (excluding diaryl/α,β-unsaturated/α-hetero) is 1. The molecule has 1 aliphatic carbocycles. The van der Waals surface area contributed by atoms with Crippen LogP contribution in [0.5, 0.6) is 0 Å². The Morgan fingerprint density at radius 1 is 1.31 bits per heavy atom. The van der Waals surface area contributed by atoms with E-state index in [1.807, 2.05) is 0 Å². The van der Waals surface area contributed by atoms with Crippen molar-refractivity contribution in [3.63, 3.8) is 0 Å². The normalized spacial score (nSPS) is 29.0. The minimum Gasteiger partial charge on any atom is -0.306 e. The fourth-order valence-corrected chi connectivity index (χ4v) is 3.15. The van der Waals surface area contributed by atoms with E-state index in [4.69, 9.17) is 0 Å². The summed E-state index contributed by atoms with van der Waals surface area (Å²) >= 11 is 0. The lowest BCUT2D eigenvalue weighted by atomic mass is 9.86. The molecule has 1 fully saturated rings. The second-order valence-electron chi connectivity index (χ2n) is 5.22. The van der Waals surface area contributed by atoms with E-state index in [9.17, 15) is 4.79 Å². The maximum absolute atomic E-state index is 12.3. The first-order valence-corrected chi connectivity index (χ1v) is 6.00. The zero-order chi connectivity index (χ0) is 11.3. The Morgan fingerprint density at radius 2 is 2.12 bits per heavy atom. The number of piperidine rings is 1. The molecule has 1 heterocycles. The van der Waals surface area contributed by atoms with Gasteiger partial charge in [0.15, 0.2) is 5.78 Å². The van der Waals surface area contributed by atoms with Gasteiger partial charge in [-0.1, -0.05) is 17.7 Å². The third kappa shape index (κ3) is 1.33. The second-order valence-corrected chi connectivity index (χ2v) is 5.22. The van der Waals surface area contributed by atoms with E-state index in [1.165, 1.54) is 11.1 Å². The van der Waals surface area contributed by atoms with Crippen LogP contribution in [-0.4, -0.2) is 30.8 Å². The largest absolute Gasteiger partial charge is 0.306 e. The zero-order valence-electron chi connectivity index (χ0n) is 9.86. The standard InChI is InChI=1S/C14H17NO/c1-9-3-4-10-12(7-9)14(16)11-5-6-15(2)8-13(10)11/h3-4,7,11,13H,5-6,8H2,1-2H3/t11-,13-/m1/s1. The van der Waals surface area contributed by atoms with E-state index < -0.39 is 0 Å². The van der Waals surface area contributed by atoms with Gasteiger partial charge >= 0.3 is 0 Å². The van der Waals surface area contributed by atoms with Crippen LogP contribution in [0.4, 0.5) is 0 Å². The molecule has 2 nitrogen and oxygen atoms in total. The third-order valence-corrected chi connectivity index (χ3v) is 4.03. The van der Waals surface area contributed by atoms with Crippen molar-refractivity contribution in [3.8, 4) is 0 Å². The number of hydrogen-bond donors (Lipinski definition) is 0. The molecule has 1 aromatic rings. The Labute approximate surface area is 96.3 Å². The Bertz CT molecular complexity index is 452. The number of carbonyl (C=O) groups is 1. The number of likely N-dealkylation sites (tertiary alicyclic amines) is 1. The number of rotatable bonds is 0. The van der Waals surface area contributed by atoms with Crippen LogP contribution in [0.25, 0.3) is 0 Å². The minimum atomic E-state index is 0.257. The van der Waals surface area contributed by atoms with Crippen LogP contribution in [0.1, 0.15) is 33.8 Å². The van der Waals surface area contributed by atoms with Gasteiger partial charge < -0.3 is 4.90 Å². The summed E-state index contributed by atoms with van der Waals surface area (Å²) in [6, 6.07) is 6.35. The smallest absolute Gasteiger partial charge is 0.166 e. The molecule has 0 aromatic heterocycles. The molecule has 0 bridgehead atoms. The van der Waals surface area contributed by atoms with E-state index in [0.29, 0.717) is 11.7 Å². The van der Waals surface area contributed by atoms with Crippen molar-refractivity contribution in [2.24, 2.45) is 5.92 Å². The molecule has 84 valence electrons. The van der Waals surface area contributed by atoms with Crippen LogP contribution < -0.4 is 0 Å². The van der Waals surface area contributed by atoms with Crippen molar-refractivity contribution in [2.45, 2.75) is 19.3 Å². The van der Waals surface area contributed by atoms with Crippen LogP contribution >= 0.6 is 0 Å². The van der Waals surface area contributed by atoms with Gasteiger partial charge in [-0.2, -0.15) is 0 Å². The highest BCUT2D eigenvalue weighted by atomic mass is 16.1. The molecular weight excluding hydrogens is 198 g/mol. The van der Waals surface area contributed by atoms with Crippen molar-refractivity contribution < 1.29 is 4.79 Å². The van der Waals surface area contributed by atoms with Crippen molar-refractivity contribution in [1.82, 2.24) is 4.90 Å². The Kier molecular flexibility index (Phi) is 2.15. The molecule has 0 unspecified atom stereocenters. The number of fused-ring (bicyclic) bond motifs is 3. The van der Waals surface area contributed by atoms with Crippen LogP contribution in [0, 0.1) is 12.8 Å². The number of nitrogens with zero attached hydrogens (tertiary/aromatic N) is 1. The summed E-state index contributed by atoms with van der Waals surface area (Å²) in [5, 5.41) is 0. The van der Waals surface area contributed by atoms with E-state index >= 15 is 0 Å². The predicted molar refractivity (Wildman–Crippen MR) is 63.9 cm³/mol. The summed E-state index contributed by atoms with van der Waals surface area (Å²) in [7, 11) is 2.15. The molecule has 0 spiro atoms. The Hall–Kier alpha value is -1.15. The van der Waals surface area contributed by atoms with E-state index in [1.54, 1.807) is 0 Å². The van der Waals surface area contributed by atoms with Gasteiger partial charge in [-0.05, 0) is 38.6 Å². The highest BCUT2D eigenvalue weighted by molar-refractivity contribution is 6.03. The first-order chi connectivity index (χ1) is 7.66. The van der Waals surface area contributed by atoms with Crippen molar-refractivity contribution in [3.05, 3.63) is 34.9 Å². The SMILES string of the molecule is Cc1ccc2c(c1)C(=O)[C@@H]1CCN(C)C[C@H]21. The Balaban J connectivity index is 2.07. The van der Waals surface area contributed by atoms with Crippen molar-refractivity contribution in [2.75, 3.05) is 20.1 Å². The molecule has 3 rings (SSSR count). The lowest BCUT2D eigenvalue weighted by Gasteiger charge is -2.31. The predicted octanol–water partition coefficient (Wildman–Crippen LogP) is 2.23.